The summed E-state index contributed by atoms with van der Waals surface area (Å²) in [5.74, 6) is -0.0777. The first-order valence-corrected chi connectivity index (χ1v) is 6.93. The fourth-order valence-electron chi connectivity index (χ4n) is 1.64. The zero-order valence-electron chi connectivity index (χ0n) is 12.6. The van der Waals surface area contributed by atoms with E-state index in [2.05, 4.69) is 5.32 Å². The van der Waals surface area contributed by atoms with Crippen molar-refractivity contribution in [1.29, 1.82) is 0 Å². The summed E-state index contributed by atoms with van der Waals surface area (Å²) in [7, 11) is 0. The summed E-state index contributed by atoms with van der Waals surface area (Å²) in [6, 6.07) is 6.88. The second-order valence-electron chi connectivity index (χ2n) is 4.37. The maximum absolute atomic E-state index is 11.9. The SMILES string of the molecule is CCC=C(C)C(=O)Nc1cccc(OCC(=O)OCC)c1. The molecule has 1 aromatic carbocycles. The van der Waals surface area contributed by atoms with Crippen LogP contribution < -0.4 is 10.1 Å². The van der Waals surface area contributed by atoms with Crippen LogP contribution in [-0.4, -0.2) is 25.1 Å². The molecule has 114 valence electrons. The van der Waals surface area contributed by atoms with E-state index in [1.54, 1.807) is 38.1 Å². The highest BCUT2D eigenvalue weighted by Crippen LogP contribution is 2.18. The van der Waals surface area contributed by atoms with Gasteiger partial charge in [-0.25, -0.2) is 4.79 Å². The first kappa shape index (κ1) is 16.8. The fraction of sp³-hybridized carbons (Fsp3) is 0.375. The molecule has 0 spiro atoms. The molecule has 0 saturated heterocycles. The molecule has 0 saturated carbocycles. The molecule has 0 unspecified atom stereocenters. The van der Waals surface area contributed by atoms with Crippen molar-refractivity contribution in [3.63, 3.8) is 0 Å². The predicted molar refractivity (Wildman–Crippen MR) is 81.2 cm³/mol. The van der Waals surface area contributed by atoms with Gasteiger partial charge in [-0.15, -0.1) is 0 Å². The smallest absolute Gasteiger partial charge is 0.344 e. The lowest BCUT2D eigenvalue weighted by atomic mass is 10.2. The van der Waals surface area contributed by atoms with Crippen LogP contribution in [-0.2, 0) is 14.3 Å². The molecule has 1 aromatic rings. The van der Waals surface area contributed by atoms with Crippen molar-refractivity contribution < 1.29 is 19.1 Å². The van der Waals surface area contributed by atoms with Gasteiger partial charge in [0.1, 0.15) is 5.75 Å². The van der Waals surface area contributed by atoms with Crippen molar-refractivity contribution in [1.82, 2.24) is 0 Å². The minimum atomic E-state index is -0.423. The van der Waals surface area contributed by atoms with Gasteiger partial charge in [0, 0.05) is 17.3 Å². The molecular weight excluding hydrogens is 270 g/mol. The number of allylic oxidation sites excluding steroid dienone is 1. The highest BCUT2D eigenvalue weighted by atomic mass is 16.6. The zero-order valence-corrected chi connectivity index (χ0v) is 12.6. The van der Waals surface area contributed by atoms with Crippen molar-refractivity contribution >= 4 is 17.6 Å². The summed E-state index contributed by atoms with van der Waals surface area (Å²) < 4.78 is 10.1. The maximum atomic E-state index is 11.9. The standard InChI is InChI=1S/C16H21NO4/c1-4-7-12(3)16(19)17-13-8-6-9-14(10-13)21-11-15(18)20-5-2/h6-10H,4-5,11H2,1-3H3,(H,17,19). The Morgan fingerprint density at radius 2 is 2.05 bits per heavy atom. The molecule has 0 aliphatic carbocycles. The van der Waals surface area contributed by atoms with Gasteiger partial charge >= 0.3 is 5.97 Å². The molecule has 0 heterocycles. The Labute approximate surface area is 124 Å². The van der Waals surface area contributed by atoms with Gasteiger partial charge in [-0.05, 0) is 32.4 Å². The molecule has 1 N–H and O–H groups in total. The van der Waals surface area contributed by atoms with E-state index in [4.69, 9.17) is 9.47 Å². The summed E-state index contributed by atoms with van der Waals surface area (Å²) >= 11 is 0. The third-order valence-corrected chi connectivity index (χ3v) is 2.62. The number of nitrogens with one attached hydrogen (secondary N) is 1. The van der Waals surface area contributed by atoms with Gasteiger partial charge in [0.25, 0.3) is 5.91 Å². The van der Waals surface area contributed by atoms with Crippen molar-refractivity contribution in [3.05, 3.63) is 35.9 Å². The lowest BCUT2D eigenvalue weighted by molar-refractivity contribution is -0.145. The summed E-state index contributed by atoms with van der Waals surface area (Å²) in [6.07, 6.45) is 2.67. The second-order valence-corrected chi connectivity index (χ2v) is 4.37. The molecule has 0 aliphatic heterocycles. The zero-order chi connectivity index (χ0) is 15.7. The van der Waals surface area contributed by atoms with Crippen LogP contribution in [0.2, 0.25) is 0 Å². The highest BCUT2D eigenvalue weighted by Gasteiger charge is 2.06. The Hall–Kier alpha value is -2.30. The van der Waals surface area contributed by atoms with E-state index in [0.717, 1.165) is 6.42 Å². The van der Waals surface area contributed by atoms with E-state index < -0.39 is 5.97 Å². The van der Waals surface area contributed by atoms with Gasteiger partial charge in [-0.1, -0.05) is 19.1 Å². The Morgan fingerprint density at radius 3 is 2.71 bits per heavy atom. The number of amides is 1. The third kappa shape index (κ3) is 6.12. The molecule has 0 fully saturated rings. The normalized spacial score (nSPS) is 10.9. The number of ether oxygens (including phenoxy) is 2. The van der Waals surface area contributed by atoms with Gasteiger partial charge in [0.05, 0.1) is 6.61 Å². The van der Waals surface area contributed by atoms with E-state index in [9.17, 15) is 9.59 Å². The molecule has 1 amide bonds. The third-order valence-electron chi connectivity index (χ3n) is 2.62. The number of benzene rings is 1. The van der Waals surface area contributed by atoms with E-state index >= 15 is 0 Å². The van der Waals surface area contributed by atoms with Crippen LogP contribution >= 0.6 is 0 Å². The Bertz CT molecular complexity index is 523. The Morgan fingerprint density at radius 1 is 1.29 bits per heavy atom. The molecule has 21 heavy (non-hydrogen) atoms. The van der Waals surface area contributed by atoms with Crippen molar-refractivity contribution in [3.8, 4) is 5.75 Å². The van der Waals surface area contributed by atoms with Crippen LogP contribution in [0.15, 0.2) is 35.9 Å². The topological polar surface area (TPSA) is 64.6 Å². The quantitative estimate of drug-likeness (QED) is 0.619. The first-order chi connectivity index (χ1) is 10.1. The summed E-state index contributed by atoms with van der Waals surface area (Å²) in [5, 5.41) is 2.78. The van der Waals surface area contributed by atoms with Gasteiger partial charge in [0.2, 0.25) is 0 Å². The maximum Gasteiger partial charge on any atom is 0.344 e. The number of anilines is 1. The summed E-state index contributed by atoms with van der Waals surface area (Å²) in [6.45, 7) is 5.64. The predicted octanol–water partition coefficient (Wildman–Crippen LogP) is 2.92. The Balaban J connectivity index is 2.62. The van der Waals surface area contributed by atoms with Gasteiger partial charge in [0.15, 0.2) is 6.61 Å². The lowest BCUT2D eigenvalue weighted by Crippen LogP contribution is -2.15. The number of esters is 1. The second kappa shape index (κ2) is 8.79. The molecule has 0 aliphatic rings. The van der Waals surface area contributed by atoms with Gasteiger partial charge in [-0.3, -0.25) is 4.79 Å². The molecular formula is C16H21NO4. The van der Waals surface area contributed by atoms with Crippen molar-refractivity contribution in [2.45, 2.75) is 27.2 Å². The number of hydrogen-bond donors (Lipinski definition) is 1. The van der Waals surface area contributed by atoms with E-state index in [-0.39, 0.29) is 12.5 Å². The molecule has 1 rings (SSSR count). The number of rotatable bonds is 7. The van der Waals surface area contributed by atoms with E-state index in [1.807, 2.05) is 13.0 Å². The van der Waals surface area contributed by atoms with Crippen molar-refractivity contribution in [2.24, 2.45) is 0 Å². The van der Waals surface area contributed by atoms with E-state index in [1.165, 1.54) is 0 Å². The van der Waals surface area contributed by atoms with Gasteiger partial charge in [-0.2, -0.15) is 0 Å². The molecule has 5 nitrogen and oxygen atoms in total. The van der Waals surface area contributed by atoms with Crippen LogP contribution in [0.5, 0.6) is 5.75 Å². The number of carbonyl (C=O) groups is 2. The van der Waals surface area contributed by atoms with Crippen LogP contribution in [0.1, 0.15) is 27.2 Å². The minimum Gasteiger partial charge on any atom is -0.482 e. The van der Waals surface area contributed by atoms with Crippen LogP contribution in [0.3, 0.4) is 0 Å². The summed E-state index contributed by atoms with van der Waals surface area (Å²) in [4.78, 5) is 23.1. The average Bonchev–Trinajstić information content (AvgIpc) is 2.46. The lowest BCUT2D eigenvalue weighted by Gasteiger charge is -2.09. The largest absolute Gasteiger partial charge is 0.482 e. The molecule has 5 heteroatoms. The summed E-state index contributed by atoms with van der Waals surface area (Å²) in [5.41, 5.74) is 1.28. The highest BCUT2D eigenvalue weighted by molar-refractivity contribution is 6.03. The Kier molecular flexibility index (Phi) is 7.01. The molecule has 0 aromatic heterocycles. The fourth-order valence-corrected chi connectivity index (χ4v) is 1.64. The first-order valence-electron chi connectivity index (χ1n) is 6.93. The molecule has 0 bridgehead atoms. The number of hydrogen-bond acceptors (Lipinski definition) is 4. The average molecular weight is 291 g/mol. The van der Waals surface area contributed by atoms with Crippen molar-refractivity contribution in [2.75, 3.05) is 18.5 Å². The monoisotopic (exact) mass is 291 g/mol. The molecule has 0 atom stereocenters. The van der Waals surface area contributed by atoms with Crippen LogP contribution in [0, 0.1) is 0 Å². The molecule has 0 radical (unpaired) electrons. The van der Waals surface area contributed by atoms with Crippen LogP contribution in [0.4, 0.5) is 5.69 Å². The van der Waals surface area contributed by atoms with E-state index in [0.29, 0.717) is 23.6 Å². The minimum absolute atomic E-state index is 0.153. The van der Waals surface area contributed by atoms with Gasteiger partial charge < -0.3 is 14.8 Å². The van der Waals surface area contributed by atoms with Crippen LogP contribution in [0.25, 0.3) is 0 Å². The number of carbonyl (C=O) groups excluding carboxylic acids is 2.